The first-order chi connectivity index (χ1) is 12.0. The number of benzene rings is 1. The van der Waals surface area contributed by atoms with Crippen LogP contribution in [0.15, 0.2) is 42.6 Å². The lowest BCUT2D eigenvalue weighted by atomic mass is 10.2. The van der Waals surface area contributed by atoms with Crippen LogP contribution in [0.4, 0.5) is 15.9 Å². The number of rotatable bonds is 6. The van der Waals surface area contributed by atoms with Crippen molar-refractivity contribution >= 4 is 23.3 Å². The van der Waals surface area contributed by atoms with Gasteiger partial charge in [-0.1, -0.05) is 12.1 Å². The Bertz CT molecular complexity index is 792. The van der Waals surface area contributed by atoms with E-state index in [4.69, 9.17) is 0 Å². The molecule has 2 amide bonds. The number of nitrogens with zero attached hydrogens (tertiary/aromatic N) is 2. The number of hydrogen-bond acceptors (Lipinski definition) is 4. The first-order valence-electron chi connectivity index (χ1n) is 8.06. The van der Waals surface area contributed by atoms with Crippen LogP contribution in [0.25, 0.3) is 0 Å². The van der Waals surface area contributed by atoms with Crippen LogP contribution >= 0.6 is 0 Å². The SMILES string of the molecule is CN(CC(=O)NC1CC1)C(=O)c1cccnc1Nc1ccccc1F. The van der Waals surface area contributed by atoms with Crippen molar-refractivity contribution < 1.29 is 14.0 Å². The minimum absolute atomic E-state index is 0.0383. The largest absolute Gasteiger partial charge is 0.352 e. The highest BCUT2D eigenvalue weighted by atomic mass is 19.1. The third-order valence-corrected chi connectivity index (χ3v) is 3.83. The third-order valence-electron chi connectivity index (χ3n) is 3.83. The number of pyridine rings is 1. The zero-order valence-electron chi connectivity index (χ0n) is 13.8. The molecular formula is C18H19FN4O2. The van der Waals surface area contributed by atoms with Crippen molar-refractivity contribution in [2.75, 3.05) is 18.9 Å². The van der Waals surface area contributed by atoms with Gasteiger partial charge in [-0.3, -0.25) is 9.59 Å². The maximum Gasteiger partial charge on any atom is 0.257 e. The van der Waals surface area contributed by atoms with Crippen LogP contribution in [-0.2, 0) is 4.79 Å². The maximum absolute atomic E-state index is 13.8. The van der Waals surface area contributed by atoms with Gasteiger partial charge in [0.2, 0.25) is 5.91 Å². The summed E-state index contributed by atoms with van der Waals surface area (Å²) >= 11 is 0. The molecule has 6 nitrogen and oxygen atoms in total. The van der Waals surface area contributed by atoms with Crippen LogP contribution in [0.2, 0.25) is 0 Å². The van der Waals surface area contributed by atoms with Crippen LogP contribution in [-0.4, -0.2) is 41.3 Å². The topological polar surface area (TPSA) is 74.3 Å². The summed E-state index contributed by atoms with van der Waals surface area (Å²) in [6.45, 7) is -0.0383. The van der Waals surface area contributed by atoms with Gasteiger partial charge in [0, 0.05) is 19.3 Å². The van der Waals surface area contributed by atoms with Crippen molar-refractivity contribution in [1.82, 2.24) is 15.2 Å². The van der Waals surface area contributed by atoms with Crippen LogP contribution in [0, 0.1) is 5.82 Å². The van der Waals surface area contributed by atoms with Gasteiger partial charge in [-0.25, -0.2) is 9.37 Å². The second-order valence-corrected chi connectivity index (χ2v) is 6.01. The lowest BCUT2D eigenvalue weighted by Gasteiger charge is -2.18. The van der Waals surface area contributed by atoms with Crippen molar-refractivity contribution in [2.45, 2.75) is 18.9 Å². The van der Waals surface area contributed by atoms with E-state index in [0.29, 0.717) is 0 Å². The van der Waals surface area contributed by atoms with Gasteiger partial charge in [-0.05, 0) is 37.1 Å². The molecule has 0 spiro atoms. The predicted molar refractivity (Wildman–Crippen MR) is 92.0 cm³/mol. The molecule has 1 heterocycles. The highest BCUT2D eigenvalue weighted by molar-refractivity contribution is 6.00. The summed E-state index contributed by atoms with van der Waals surface area (Å²) in [7, 11) is 1.55. The van der Waals surface area contributed by atoms with Gasteiger partial charge in [0.1, 0.15) is 11.6 Å². The van der Waals surface area contributed by atoms with Gasteiger partial charge in [0.25, 0.3) is 5.91 Å². The second-order valence-electron chi connectivity index (χ2n) is 6.01. The van der Waals surface area contributed by atoms with Crippen molar-refractivity contribution in [3.05, 3.63) is 54.0 Å². The Balaban J connectivity index is 1.73. The second kappa shape index (κ2) is 7.29. The monoisotopic (exact) mass is 342 g/mol. The van der Waals surface area contributed by atoms with E-state index >= 15 is 0 Å². The van der Waals surface area contributed by atoms with E-state index < -0.39 is 5.82 Å². The molecule has 1 saturated carbocycles. The summed E-state index contributed by atoms with van der Waals surface area (Å²) in [4.78, 5) is 30.0. The summed E-state index contributed by atoms with van der Waals surface area (Å²) in [5.41, 5.74) is 0.497. The van der Waals surface area contributed by atoms with E-state index in [1.165, 1.54) is 17.2 Å². The molecule has 1 aliphatic rings. The Kier molecular flexibility index (Phi) is 4.92. The van der Waals surface area contributed by atoms with Crippen LogP contribution in [0.3, 0.4) is 0 Å². The first-order valence-corrected chi connectivity index (χ1v) is 8.06. The minimum atomic E-state index is -0.441. The molecular weight excluding hydrogens is 323 g/mol. The highest BCUT2D eigenvalue weighted by Crippen LogP contribution is 2.22. The molecule has 1 aromatic heterocycles. The average Bonchev–Trinajstić information content (AvgIpc) is 3.40. The van der Waals surface area contributed by atoms with Crippen molar-refractivity contribution in [3.8, 4) is 0 Å². The number of carbonyl (C=O) groups is 2. The minimum Gasteiger partial charge on any atom is -0.352 e. The summed E-state index contributed by atoms with van der Waals surface area (Å²) in [6, 6.07) is 9.60. The summed E-state index contributed by atoms with van der Waals surface area (Å²) in [5, 5.41) is 5.68. The zero-order valence-corrected chi connectivity index (χ0v) is 13.8. The Labute approximate surface area is 145 Å². The normalized spacial score (nSPS) is 13.2. The molecule has 0 saturated heterocycles. The molecule has 0 unspecified atom stereocenters. The quantitative estimate of drug-likeness (QED) is 0.845. The van der Waals surface area contributed by atoms with Crippen molar-refractivity contribution in [1.29, 1.82) is 0 Å². The molecule has 1 fully saturated rings. The van der Waals surface area contributed by atoms with Gasteiger partial charge in [-0.15, -0.1) is 0 Å². The number of anilines is 2. The van der Waals surface area contributed by atoms with E-state index in [2.05, 4.69) is 15.6 Å². The van der Waals surface area contributed by atoms with Gasteiger partial charge in [-0.2, -0.15) is 0 Å². The number of amides is 2. The van der Waals surface area contributed by atoms with Crippen LogP contribution < -0.4 is 10.6 Å². The Morgan fingerprint density at radius 3 is 2.72 bits per heavy atom. The highest BCUT2D eigenvalue weighted by Gasteiger charge is 2.25. The zero-order chi connectivity index (χ0) is 17.8. The molecule has 2 N–H and O–H groups in total. The van der Waals surface area contributed by atoms with E-state index in [-0.39, 0.29) is 41.5 Å². The van der Waals surface area contributed by atoms with Crippen molar-refractivity contribution in [3.63, 3.8) is 0 Å². The third kappa shape index (κ3) is 4.32. The number of halogens is 1. The van der Waals surface area contributed by atoms with Crippen LogP contribution in [0.5, 0.6) is 0 Å². The molecule has 1 aromatic carbocycles. The Hall–Kier alpha value is -2.96. The molecule has 7 heteroatoms. The number of carbonyl (C=O) groups excluding carboxylic acids is 2. The number of nitrogens with one attached hydrogen (secondary N) is 2. The fourth-order valence-corrected chi connectivity index (χ4v) is 2.36. The molecule has 130 valence electrons. The van der Waals surface area contributed by atoms with Crippen LogP contribution in [0.1, 0.15) is 23.2 Å². The standard InChI is InChI=1S/C18H19FN4O2/c1-23(11-16(24)21-12-8-9-12)18(25)13-5-4-10-20-17(13)22-15-7-3-2-6-14(15)19/h2-7,10,12H,8-9,11H2,1H3,(H,20,22)(H,21,24). The molecule has 0 atom stereocenters. The maximum atomic E-state index is 13.8. The molecule has 0 radical (unpaired) electrons. The van der Waals surface area contributed by atoms with Gasteiger partial charge < -0.3 is 15.5 Å². The molecule has 2 aromatic rings. The number of hydrogen-bond donors (Lipinski definition) is 2. The van der Waals surface area contributed by atoms with E-state index in [9.17, 15) is 14.0 Å². The Morgan fingerprint density at radius 1 is 1.24 bits per heavy atom. The lowest BCUT2D eigenvalue weighted by molar-refractivity contribution is -0.121. The fraction of sp³-hybridized carbons (Fsp3) is 0.278. The molecule has 1 aliphatic carbocycles. The molecule has 0 bridgehead atoms. The van der Waals surface area contributed by atoms with Crippen molar-refractivity contribution in [2.24, 2.45) is 0 Å². The first kappa shape index (κ1) is 16.9. The molecule has 3 rings (SSSR count). The molecule has 0 aliphatic heterocycles. The molecule has 25 heavy (non-hydrogen) atoms. The smallest absolute Gasteiger partial charge is 0.257 e. The van der Waals surface area contributed by atoms with E-state index in [1.807, 2.05) is 0 Å². The van der Waals surface area contributed by atoms with E-state index in [1.54, 1.807) is 37.4 Å². The summed E-state index contributed by atoms with van der Waals surface area (Å²) in [6.07, 6.45) is 3.49. The van der Waals surface area contributed by atoms with E-state index in [0.717, 1.165) is 12.8 Å². The van der Waals surface area contributed by atoms with Gasteiger partial charge in [0.15, 0.2) is 0 Å². The average molecular weight is 342 g/mol. The fourth-order valence-electron chi connectivity index (χ4n) is 2.36. The summed E-state index contributed by atoms with van der Waals surface area (Å²) < 4.78 is 13.8. The lowest BCUT2D eigenvalue weighted by Crippen LogP contribution is -2.39. The van der Waals surface area contributed by atoms with Gasteiger partial charge >= 0.3 is 0 Å². The number of para-hydroxylation sites is 1. The number of aromatic nitrogens is 1. The Morgan fingerprint density at radius 2 is 2.00 bits per heavy atom. The summed E-state index contributed by atoms with van der Waals surface area (Å²) in [5.74, 6) is -0.750. The predicted octanol–water partition coefficient (Wildman–Crippen LogP) is 2.31. The number of likely N-dealkylation sites (N-methyl/N-ethyl adjacent to an activating group) is 1. The van der Waals surface area contributed by atoms with Gasteiger partial charge in [0.05, 0.1) is 17.8 Å².